The van der Waals surface area contributed by atoms with Crippen LogP contribution in [-0.4, -0.2) is 29.2 Å². The second kappa shape index (κ2) is 7.89. The predicted molar refractivity (Wildman–Crippen MR) is 103 cm³/mol. The van der Waals surface area contributed by atoms with Gasteiger partial charge in [0.1, 0.15) is 12.4 Å². The lowest BCUT2D eigenvalue weighted by molar-refractivity contribution is -0.123. The quantitative estimate of drug-likeness (QED) is 0.650. The highest BCUT2D eigenvalue weighted by molar-refractivity contribution is 9.10. The normalized spacial score (nSPS) is 15.9. The molecule has 4 nitrogen and oxygen atoms in total. The SMILES string of the molecule is Cc1cccc(OCCN2C(=O)S/C(=C\c3ccccc3Br)C2=O)c1. The number of ether oxygens (including phenoxy) is 1. The van der Waals surface area contributed by atoms with Crippen LogP contribution in [0.5, 0.6) is 5.75 Å². The number of imide groups is 1. The average Bonchev–Trinajstić information content (AvgIpc) is 2.84. The fraction of sp³-hybridized carbons (Fsp3) is 0.158. The van der Waals surface area contributed by atoms with Gasteiger partial charge < -0.3 is 4.74 Å². The van der Waals surface area contributed by atoms with Crippen molar-refractivity contribution in [3.05, 3.63) is 69.0 Å². The Bertz CT molecular complexity index is 850. The molecule has 25 heavy (non-hydrogen) atoms. The van der Waals surface area contributed by atoms with Crippen LogP contribution in [0.15, 0.2) is 57.9 Å². The Morgan fingerprint density at radius 1 is 1.16 bits per heavy atom. The molecule has 0 atom stereocenters. The maximum atomic E-state index is 12.5. The van der Waals surface area contributed by atoms with Crippen molar-refractivity contribution in [1.82, 2.24) is 4.90 Å². The first-order valence-corrected chi connectivity index (χ1v) is 9.35. The van der Waals surface area contributed by atoms with E-state index in [0.717, 1.165) is 33.1 Å². The number of rotatable bonds is 5. The maximum absolute atomic E-state index is 12.5. The number of thioether (sulfide) groups is 1. The Labute approximate surface area is 159 Å². The van der Waals surface area contributed by atoms with Gasteiger partial charge in [-0.3, -0.25) is 14.5 Å². The van der Waals surface area contributed by atoms with E-state index in [9.17, 15) is 9.59 Å². The van der Waals surface area contributed by atoms with Gasteiger partial charge in [0.15, 0.2) is 0 Å². The first-order chi connectivity index (χ1) is 12.0. The Morgan fingerprint density at radius 2 is 1.96 bits per heavy atom. The fourth-order valence-electron chi connectivity index (χ4n) is 2.39. The lowest BCUT2D eigenvalue weighted by atomic mass is 10.2. The van der Waals surface area contributed by atoms with Crippen molar-refractivity contribution in [2.45, 2.75) is 6.92 Å². The van der Waals surface area contributed by atoms with E-state index in [-0.39, 0.29) is 24.3 Å². The fourth-order valence-corrected chi connectivity index (χ4v) is 3.64. The third kappa shape index (κ3) is 4.32. The summed E-state index contributed by atoms with van der Waals surface area (Å²) in [6.07, 6.45) is 1.73. The van der Waals surface area contributed by atoms with Crippen molar-refractivity contribution >= 4 is 44.9 Å². The van der Waals surface area contributed by atoms with Crippen LogP contribution in [-0.2, 0) is 4.79 Å². The molecule has 0 radical (unpaired) electrons. The molecule has 3 rings (SSSR count). The summed E-state index contributed by atoms with van der Waals surface area (Å²) in [4.78, 5) is 26.2. The highest BCUT2D eigenvalue weighted by atomic mass is 79.9. The number of aryl methyl sites for hydroxylation is 1. The summed E-state index contributed by atoms with van der Waals surface area (Å²) in [7, 11) is 0. The van der Waals surface area contributed by atoms with Crippen molar-refractivity contribution in [3.63, 3.8) is 0 Å². The molecule has 1 heterocycles. The number of hydrogen-bond acceptors (Lipinski definition) is 4. The summed E-state index contributed by atoms with van der Waals surface area (Å²) >= 11 is 4.40. The van der Waals surface area contributed by atoms with Gasteiger partial charge in [0, 0.05) is 4.47 Å². The second-order valence-corrected chi connectivity index (χ2v) is 7.37. The minimum Gasteiger partial charge on any atom is -0.492 e. The molecule has 0 unspecified atom stereocenters. The van der Waals surface area contributed by atoms with Gasteiger partial charge in [0.25, 0.3) is 11.1 Å². The lowest BCUT2D eigenvalue weighted by Gasteiger charge is -2.13. The molecule has 0 spiro atoms. The van der Waals surface area contributed by atoms with Crippen molar-refractivity contribution < 1.29 is 14.3 Å². The third-order valence-electron chi connectivity index (χ3n) is 3.64. The van der Waals surface area contributed by atoms with Crippen molar-refractivity contribution in [2.24, 2.45) is 0 Å². The molecule has 2 aromatic carbocycles. The van der Waals surface area contributed by atoms with Gasteiger partial charge in [-0.25, -0.2) is 0 Å². The molecule has 2 aromatic rings. The number of halogens is 1. The molecule has 2 amide bonds. The summed E-state index contributed by atoms with van der Waals surface area (Å²) in [6, 6.07) is 15.2. The smallest absolute Gasteiger partial charge is 0.293 e. The highest BCUT2D eigenvalue weighted by Crippen LogP contribution is 2.33. The number of carbonyl (C=O) groups is 2. The zero-order valence-electron chi connectivity index (χ0n) is 13.6. The third-order valence-corrected chi connectivity index (χ3v) is 5.27. The molecule has 6 heteroatoms. The van der Waals surface area contributed by atoms with Crippen LogP contribution in [0.25, 0.3) is 6.08 Å². The van der Waals surface area contributed by atoms with Crippen LogP contribution >= 0.6 is 27.7 Å². The van der Waals surface area contributed by atoms with Gasteiger partial charge in [-0.15, -0.1) is 0 Å². The summed E-state index contributed by atoms with van der Waals surface area (Å²) in [5.41, 5.74) is 1.96. The molecule has 0 N–H and O–H groups in total. The Balaban J connectivity index is 1.64. The van der Waals surface area contributed by atoms with E-state index in [4.69, 9.17) is 4.74 Å². The first kappa shape index (κ1) is 17.8. The highest BCUT2D eigenvalue weighted by Gasteiger charge is 2.34. The van der Waals surface area contributed by atoms with Crippen molar-refractivity contribution in [3.8, 4) is 5.75 Å². The van der Waals surface area contributed by atoms with E-state index in [0.29, 0.717) is 4.91 Å². The van der Waals surface area contributed by atoms with Gasteiger partial charge in [-0.05, 0) is 54.1 Å². The zero-order valence-corrected chi connectivity index (χ0v) is 16.0. The molecule has 1 fully saturated rings. The molecule has 0 bridgehead atoms. The zero-order chi connectivity index (χ0) is 17.8. The topological polar surface area (TPSA) is 46.6 Å². The molecule has 0 aromatic heterocycles. The Hall–Kier alpha value is -2.05. The summed E-state index contributed by atoms with van der Waals surface area (Å²) in [5.74, 6) is 0.453. The number of amides is 2. The predicted octanol–water partition coefficient (Wildman–Crippen LogP) is 4.87. The molecule has 1 aliphatic rings. The molecule has 128 valence electrons. The van der Waals surface area contributed by atoms with Crippen molar-refractivity contribution in [1.29, 1.82) is 0 Å². The van der Waals surface area contributed by atoms with Crippen molar-refractivity contribution in [2.75, 3.05) is 13.2 Å². The van der Waals surface area contributed by atoms with Gasteiger partial charge in [0.2, 0.25) is 0 Å². The van der Waals surface area contributed by atoms with E-state index >= 15 is 0 Å². The Morgan fingerprint density at radius 3 is 2.72 bits per heavy atom. The lowest BCUT2D eigenvalue weighted by Crippen LogP contribution is -2.32. The summed E-state index contributed by atoms with van der Waals surface area (Å²) in [5, 5.41) is -0.267. The van der Waals surface area contributed by atoms with Gasteiger partial charge in [-0.2, -0.15) is 0 Å². The number of nitrogens with zero attached hydrogens (tertiary/aromatic N) is 1. The van der Waals surface area contributed by atoms with Crippen LogP contribution < -0.4 is 4.74 Å². The molecular weight excluding hydrogens is 402 g/mol. The number of benzene rings is 2. The van der Waals surface area contributed by atoms with E-state index in [1.165, 1.54) is 4.90 Å². The average molecular weight is 418 g/mol. The molecule has 1 saturated heterocycles. The number of carbonyl (C=O) groups excluding carboxylic acids is 2. The molecular formula is C19H16BrNO3S. The van der Waals surface area contributed by atoms with Gasteiger partial charge >= 0.3 is 0 Å². The van der Waals surface area contributed by atoms with Crippen LogP contribution in [0.1, 0.15) is 11.1 Å². The van der Waals surface area contributed by atoms with Crippen LogP contribution in [0.2, 0.25) is 0 Å². The largest absolute Gasteiger partial charge is 0.492 e. The minimum absolute atomic E-state index is 0.228. The standard InChI is InChI=1S/C19H16BrNO3S/c1-13-5-4-7-15(11-13)24-10-9-21-18(22)17(25-19(21)23)12-14-6-2-3-8-16(14)20/h2-8,11-12H,9-10H2,1H3/b17-12-. The van der Waals surface area contributed by atoms with E-state index in [1.807, 2.05) is 55.5 Å². The number of hydrogen-bond donors (Lipinski definition) is 0. The van der Waals surface area contributed by atoms with E-state index < -0.39 is 0 Å². The summed E-state index contributed by atoms with van der Waals surface area (Å²) in [6.45, 7) is 2.48. The molecule has 1 aliphatic heterocycles. The molecule has 0 aliphatic carbocycles. The van der Waals surface area contributed by atoms with Crippen LogP contribution in [0.4, 0.5) is 4.79 Å². The summed E-state index contributed by atoms with van der Waals surface area (Å²) < 4.78 is 6.51. The first-order valence-electron chi connectivity index (χ1n) is 7.74. The second-order valence-electron chi connectivity index (χ2n) is 5.52. The van der Waals surface area contributed by atoms with Gasteiger partial charge in [-0.1, -0.05) is 46.3 Å². The van der Waals surface area contributed by atoms with Gasteiger partial charge in [0.05, 0.1) is 11.4 Å². The van der Waals surface area contributed by atoms with Crippen LogP contribution in [0, 0.1) is 6.92 Å². The molecule has 0 saturated carbocycles. The monoisotopic (exact) mass is 417 g/mol. The minimum atomic E-state index is -0.279. The van der Waals surface area contributed by atoms with Crippen LogP contribution in [0.3, 0.4) is 0 Å². The maximum Gasteiger partial charge on any atom is 0.293 e. The Kier molecular flexibility index (Phi) is 5.60. The van der Waals surface area contributed by atoms with E-state index in [2.05, 4.69) is 15.9 Å². The van der Waals surface area contributed by atoms with E-state index in [1.54, 1.807) is 6.08 Å².